The van der Waals surface area contributed by atoms with Crippen molar-refractivity contribution < 1.29 is 14.4 Å². The summed E-state index contributed by atoms with van der Waals surface area (Å²) in [4.78, 5) is 10.6. The fourth-order valence-electron chi connectivity index (χ4n) is 1.88. The van der Waals surface area contributed by atoms with Gasteiger partial charge in [0.25, 0.3) is 0 Å². The van der Waals surface area contributed by atoms with Crippen LogP contribution in [0.2, 0.25) is 0 Å². The van der Waals surface area contributed by atoms with Crippen LogP contribution in [0.25, 0.3) is 0 Å². The van der Waals surface area contributed by atoms with E-state index in [4.69, 9.17) is 21.1 Å². The Morgan fingerprint density at radius 2 is 1.95 bits per heavy atom. The molecule has 0 aliphatic rings. The van der Waals surface area contributed by atoms with Crippen LogP contribution in [0.5, 0.6) is 17.2 Å². The standard InChI is InChI=1S/C15H14ClNO4/c1-10-7-11(9-16)3-6-14(10)21-15-8-12(20-2)4-5-13(15)17(18)19/h3-8H,9H2,1-2H3. The molecule has 0 aliphatic carbocycles. The van der Waals surface area contributed by atoms with E-state index in [1.165, 1.54) is 25.3 Å². The molecule has 0 aliphatic heterocycles. The van der Waals surface area contributed by atoms with E-state index >= 15 is 0 Å². The van der Waals surface area contributed by atoms with Gasteiger partial charge >= 0.3 is 5.69 Å². The topological polar surface area (TPSA) is 61.6 Å². The van der Waals surface area contributed by atoms with Crippen molar-refractivity contribution in [2.24, 2.45) is 0 Å². The van der Waals surface area contributed by atoms with Gasteiger partial charge in [-0.3, -0.25) is 10.1 Å². The van der Waals surface area contributed by atoms with Gasteiger partial charge in [0.2, 0.25) is 5.75 Å². The van der Waals surface area contributed by atoms with E-state index in [1.54, 1.807) is 6.07 Å². The molecule has 0 aromatic heterocycles. The van der Waals surface area contributed by atoms with Gasteiger partial charge < -0.3 is 9.47 Å². The highest BCUT2D eigenvalue weighted by Crippen LogP contribution is 2.35. The van der Waals surface area contributed by atoms with Crippen LogP contribution in [-0.2, 0) is 5.88 Å². The van der Waals surface area contributed by atoms with E-state index in [9.17, 15) is 10.1 Å². The molecule has 0 radical (unpaired) electrons. The Balaban J connectivity index is 2.40. The number of halogens is 1. The Kier molecular flexibility index (Phi) is 4.65. The van der Waals surface area contributed by atoms with Gasteiger partial charge in [0.05, 0.1) is 12.0 Å². The molecule has 0 N–H and O–H groups in total. The van der Waals surface area contributed by atoms with Crippen molar-refractivity contribution in [1.29, 1.82) is 0 Å². The zero-order valence-corrected chi connectivity index (χ0v) is 12.4. The van der Waals surface area contributed by atoms with E-state index in [0.29, 0.717) is 17.4 Å². The predicted molar refractivity (Wildman–Crippen MR) is 80.5 cm³/mol. The highest BCUT2D eigenvalue weighted by atomic mass is 35.5. The summed E-state index contributed by atoms with van der Waals surface area (Å²) < 4.78 is 10.8. The molecule has 0 unspecified atom stereocenters. The van der Waals surface area contributed by atoms with Crippen molar-refractivity contribution in [2.45, 2.75) is 12.8 Å². The number of benzene rings is 2. The molecule has 0 amide bonds. The molecule has 2 aromatic carbocycles. The number of nitro groups is 1. The number of rotatable bonds is 5. The maximum absolute atomic E-state index is 11.1. The molecule has 6 heteroatoms. The van der Waals surface area contributed by atoms with Crippen LogP contribution >= 0.6 is 11.6 Å². The molecule has 0 bridgehead atoms. The third-order valence-electron chi connectivity index (χ3n) is 2.98. The molecule has 2 rings (SSSR count). The third-order valence-corrected chi connectivity index (χ3v) is 3.29. The number of hydrogen-bond donors (Lipinski definition) is 0. The quantitative estimate of drug-likeness (QED) is 0.465. The zero-order chi connectivity index (χ0) is 15.4. The summed E-state index contributed by atoms with van der Waals surface area (Å²) in [5.74, 6) is 1.58. The fourth-order valence-corrected chi connectivity index (χ4v) is 2.05. The Morgan fingerprint density at radius 3 is 2.52 bits per heavy atom. The first-order valence-corrected chi connectivity index (χ1v) is 6.74. The Morgan fingerprint density at radius 1 is 1.19 bits per heavy atom. The normalized spacial score (nSPS) is 10.2. The van der Waals surface area contributed by atoms with Crippen molar-refractivity contribution >= 4 is 17.3 Å². The van der Waals surface area contributed by atoms with Crippen LogP contribution < -0.4 is 9.47 Å². The number of hydrogen-bond acceptors (Lipinski definition) is 4. The minimum absolute atomic E-state index is 0.114. The van der Waals surface area contributed by atoms with Crippen LogP contribution in [0.1, 0.15) is 11.1 Å². The lowest BCUT2D eigenvalue weighted by Crippen LogP contribution is -1.96. The first-order valence-electron chi connectivity index (χ1n) is 6.21. The molecular formula is C15H14ClNO4. The number of alkyl halides is 1. The molecule has 5 nitrogen and oxygen atoms in total. The predicted octanol–water partition coefficient (Wildman–Crippen LogP) is 4.44. The Bertz CT molecular complexity index is 673. The number of methoxy groups -OCH3 is 1. The van der Waals surface area contributed by atoms with Crippen molar-refractivity contribution in [3.8, 4) is 17.2 Å². The minimum Gasteiger partial charge on any atom is -0.497 e. The van der Waals surface area contributed by atoms with Crippen LogP contribution in [-0.4, -0.2) is 12.0 Å². The average Bonchev–Trinajstić information content (AvgIpc) is 2.48. The smallest absolute Gasteiger partial charge is 0.311 e. The second-order valence-electron chi connectivity index (χ2n) is 4.43. The molecule has 0 saturated carbocycles. The summed E-state index contributed by atoms with van der Waals surface area (Å²) in [5.41, 5.74) is 1.70. The summed E-state index contributed by atoms with van der Waals surface area (Å²) in [6.07, 6.45) is 0. The number of nitro benzene ring substituents is 1. The lowest BCUT2D eigenvalue weighted by molar-refractivity contribution is -0.385. The highest BCUT2D eigenvalue weighted by molar-refractivity contribution is 6.17. The second-order valence-corrected chi connectivity index (χ2v) is 4.69. The van der Waals surface area contributed by atoms with Gasteiger partial charge in [-0.05, 0) is 30.2 Å². The van der Waals surface area contributed by atoms with Crippen molar-refractivity contribution in [3.05, 3.63) is 57.6 Å². The van der Waals surface area contributed by atoms with Crippen LogP contribution in [0.4, 0.5) is 5.69 Å². The van der Waals surface area contributed by atoms with Crippen molar-refractivity contribution in [1.82, 2.24) is 0 Å². The monoisotopic (exact) mass is 307 g/mol. The van der Waals surface area contributed by atoms with Gasteiger partial charge in [-0.2, -0.15) is 0 Å². The average molecular weight is 308 g/mol. The minimum atomic E-state index is -0.489. The van der Waals surface area contributed by atoms with E-state index in [2.05, 4.69) is 0 Å². The number of aryl methyl sites for hydroxylation is 1. The van der Waals surface area contributed by atoms with E-state index < -0.39 is 4.92 Å². The molecule has 0 spiro atoms. The maximum atomic E-state index is 11.1. The number of nitrogens with zero attached hydrogens (tertiary/aromatic N) is 1. The maximum Gasteiger partial charge on any atom is 0.311 e. The molecule has 0 saturated heterocycles. The van der Waals surface area contributed by atoms with Crippen LogP contribution in [0, 0.1) is 17.0 Å². The summed E-state index contributed by atoms with van der Waals surface area (Å²) in [7, 11) is 1.49. The van der Waals surface area contributed by atoms with Gasteiger partial charge in [0.1, 0.15) is 11.5 Å². The fraction of sp³-hybridized carbons (Fsp3) is 0.200. The molecule has 0 fully saturated rings. The van der Waals surface area contributed by atoms with Crippen molar-refractivity contribution in [2.75, 3.05) is 7.11 Å². The second kappa shape index (κ2) is 6.45. The molecule has 2 aromatic rings. The lowest BCUT2D eigenvalue weighted by atomic mass is 10.1. The van der Waals surface area contributed by atoms with Crippen LogP contribution in [0.3, 0.4) is 0 Å². The molecule has 0 atom stereocenters. The number of ether oxygens (including phenoxy) is 2. The van der Waals surface area contributed by atoms with Gasteiger partial charge in [-0.15, -0.1) is 11.6 Å². The largest absolute Gasteiger partial charge is 0.497 e. The van der Waals surface area contributed by atoms with E-state index in [1.807, 2.05) is 19.1 Å². The third kappa shape index (κ3) is 3.44. The highest BCUT2D eigenvalue weighted by Gasteiger charge is 2.17. The van der Waals surface area contributed by atoms with Gasteiger partial charge in [0, 0.05) is 18.0 Å². The summed E-state index contributed by atoms with van der Waals surface area (Å²) in [6.45, 7) is 1.86. The summed E-state index contributed by atoms with van der Waals surface area (Å²) >= 11 is 5.77. The van der Waals surface area contributed by atoms with E-state index in [0.717, 1.165) is 11.1 Å². The van der Waals surface area contributed by atoms with Gasteiger partial charge in [0.15, 0.2) is 0 Å². The van der Waals surface area contributed by atoms with Crippen molar-refractivity contribution in [3.63, 3.8) is 0 Å². The van der Waals surface area contributed by atoms with E-state index in [-0.39, 0.29) is 11.4 Å². The SMILES string of the molecule is COc1ccc([N+](=O)[O-])c(Oc2ccc(CCl)cc2C)c1. The molecule has 110 valence electrons. The lowest BCUT2D eigenvalue weighted by Gasteiger charge is -2.11. The Hall–Kier alpha value is -2.27. The Labute approximate surface area is 127 Å². The first-order chi connectivity index (χ1) is 10.0. The van der Waals surface area contributed by atoms with Crippen LogP contribution in [0.15, 0.2) is 36.4 Å². The summed E-state index contributed by atoms with van der Waals surface area (Å²) in [6, 6.07) is 9.82. The molecular weight excluding hydrogens is 294 g/mol. The zero-order valence-electron chi connectivity index (χ0n) is 11.6. The van der Waals surface area contributed by atoms with Gasteiger partial charge in [-0.25, -0.2) is 0 Å². The van der Waals surface area contributed by atoms with Gasteiger partial charge in [-0.1, -0.05) is 12.1 Å². The molecule has 0 heterocycles. The summed E-state index contributed by atoms with van der Waals surface area (Å²) in [5, 5.41) is 11.1. The first kappa shape index (κ1) is 15.1. The molecule has 21 heavy (non-hydrogen) atoms.